The number of ether oxygens (including phenoxy) is 1. The van der Waals surface area contributed by atoms with Gasteiger partial charge >= 0.3 is 5.97 Å². The zero-order chi connectivity index (χ0) is 31.6. The van der Waals surface area contributed by atoms with Crippen LogP contribution in [0.2, 0.25) is 0 Å². The first-order valence-electron chi connectivity index (χ1n) is 15.3. The van der Waals surface area contributed by atoms with Gasteiger partial charge in [-0.3, -0.25) is 14.3 Å². The second kappa shape index (κ2) is 10.8. The van der Waals surface area contributed by atoms with Crippen LogP contribution in [-0.2, 0) is 52.5 Å². The van der Waals surface area contributed by atoms with E-state index in [2.05, 4.69) is 15.6 Å². The molecule has 1 amide bonds. The average molecular weight is 617 g/mol. The van der Waals surface area contributed by atoms with Crippen LogP contribution in [0.15, 0.2) is 23.1 Å². The molecule has 2 atom stereocenters. The van der Waals surface area contributed by atoms with Gasteiger partial charge in [0.2, 0.25) is 5.91 Å². The quantitative estimate of drug-likeness (QED) is 0.222. The Balaban J connectivity index is 1.27. The fourth-order valence-electron chi connectivity index (χ4n) is 7.04. The Labute approximate surface area is 256 Å². The van der Waals surface area contributed by atoms with Crippen molar-refractivity contribution in [3.8, 4) is 11.4 Å². The number of fused-ring (bicyclic) bond motifs is 5. The number of hydrogen-bond donors (Lipinski definition) is 3. The number of nitrogens with one attached hydrogen (secondary N) is 1. The first-order valence-corrected chi connectivity index (χ1v) is 15.3. The van der Waals surface area contributed by atoms with Gasteiger partial charge in [-0.15, -0.1) is 5.10 Å². The zero-order valence-electron chi connectivity index (χ0n) is 25.0. The molecule has 234 valence electrons. The minimum Gasteiger partial charge on any atom is -0.458 e. The third-order valence-corrected chi connectivity index (χ3v) is 9.46. The van der Waals surface area contributed by atoms with Gasteiger partial charge in [-0.05, 0) is 55.4 Å². The van der Waals surface area contributed by atoms with Crippen molar-refractivity contribution in [3.05, 3.63) is 73.6 Å². The fraction of sp³-hybridized carbons (Fsp3) is 0.438. The van der Waals surface area contributed by atoms with E-state index in [1.807, 2.05) is 0 Å². The first kappa shape index (κ1) is 29.2. The number of aliphatic hydroxyl groups excluding tert-OH is 1. The van der Waals surface area contributed by atoms with Crippen molar-refractivity contribution in [2.75, 3.05) is 6.61 Å². The third kappa shape index (κ3) is 4.55. The number of cyclic esters (lactones) is 1. The van der Waals surface area contributed by atoms with Crippen molar-refractivity contribution in [1.82, 2.24) is 29.9 Å². The third-order valence-electron chi connectivity index (χ3n) is 9.46. The summed E-state index contributed by atoms with van der Waals surface area (Å²) >= 11 is 0. The van der Waals surface area contributed by atoms with E-state index in [4.69, 9.17) is 14.8 Å². The lowest BCUT2D eigenvalue weighted by molar-refractivity contribution is -0.172. The van der Waals surface area contributed by atoms with Crippen molar-refractivity contribution in [2.45, 2.75) is 83.7 Å². The Morgan fingerprint density at radius 2 is 2.07 bits per heavy atom. The number of aryl methyl sites for hydroxylation is 2. The van der Waals surface area contributed by atoms with Crippen molar-refractivity contribution in [1.29, 1.82) is 0 Å². The minimum atomic E-state index is -1.96. The van der Waals surface area contributed by atoms with Crippen molar-refractivity contribution < 1.29 is 28.9 Å². The standard InChI is InChI=1S/C32H33FN6O6/c1-3-32(44)21-11-25-29-19(14-39(25)30(42)20(21)15-45-31(32)43)28-23(7-6-18-16(2)22(33)12-24(35-29)27(18)28)34-26(41)5-4-9-38-13-17(8-10-40)36-37-38/h11-13,23,40,44H,3-10,14-15H2,1-2H3,(H,34,41)/t23-,32-/m0/s1. The summed E-state index contributed by atoms with van der Waals surface area (Å²) in [5.74, 6) is -1.33. The normalized spacial score (nSPS) is 19.7. The Morgan fingerprint density at radius 3 is 2.84 bits per heavy atom. The molecule has 1 aromatic carbocycles. The highest BCUT2D eigenvalue weighted by Crippen LogP contribution is 2.46. The zero-order valence-corrected chi connectivity index (χ0v) is 25.0. The number of rotatable bonds is 8. The number of aliphatic hydroxyl groups is 2. The summed E-state index contributed by atoms with van der Waals surface area (Å²) in [6.45, 7) is 3.81. The molecule has 0 bridgehead atoms. The van der Waals surface area contributed by atoms with Crippen LogP contribution in [0.5, 0.6) is 0 Å². The van der Waals surface area contributed by atoms with Crippen LogP contribution in [0.4, 0.5) is 4.39 Å². The molecule has 0 spiro atoms. The van der Waals surface area contributed by atoms with Crippen LogP contribution < -0.4 is 10.9 Å². The minimum absolute atomic E-state index is 0.0131. The van der Waals surface area contributed by atoms with Crippen molar-refractivity contribution in [3.63, 3.8) is 0 Å². The molecular weight excluding hydrogens is 583 g/mol. The smallest absolute Gasteiger partial charge is 0.343 e. The highest BCUT2D eigenvalue weighted by Gasteiger charge is 2.46. The largest absolute Gasteiger partial charge is 0.458 e. The van der Waals surface area contributed by atoms with E-state index in [0.29, 0.717) is 60.4 Å². The summed E-state index contributed by atoms with van der Waals surface area (Å²) in [6, 6.07) is 2.63. The highest BCUT2D eigenvalue weighted by molar-refractivity contribution is 5.94. The topological polar surface area (TPSA) is 161 Å². The maximum atomic E-state index is 15.1. The van der Waals surface area contributed by atoms with Crippen LogP contribution in [-0.4, -0.2) is 53.2 Å². The summed E-state index contributed by atoms with van der Waals surface area (Å²) in [7, 11) is 0. The van der Waals surface area contributed by atoms with Gasteiger partial charge in [0.1, 0.15) is 12.4 Å². The number of esters is 1. The molecule has 2 aliphatic heterocycles. The molecule has 0 fully saturated rings. The molecule has 45 heavy (non-hydrogen) atoms. The molecule has 5 heterocycles. The molecule has 4 aromatic rings. The highest BCUT2D eigenvalue weighted by atomic mass is 19.1. The van der Waals surface area contributed by atoms with Crippen LogP contribution in [0.25, 0.3) is 22.3 Å². The van der Waals surface area contributed by atoms with E-state index in [1.165, 1.54) is 6.07 Å². The lowest BCUT2D eigenvalue weighted by atomic mass is 9.81. The monoisotopic (exact) mass is 616 g/mol. The second-order valence-electron chi connectivity index (χ2n) is 12.0. The SMILES string of the molecule is CC[C@@]1(O)C(=O)OCc2c1cc1n(c2=O)Cc2c-1nc1cc(F)c(C)c3c1c2[C@@H](NC(=O)CCCn1cc(CCO)nn1)CC3. The average Bonchev–Trinajstić information content (AvgIpc) is 3.63. The molecule has 3 N–H and O–H groups in total. The van der Waals surface area contributed by atoms with Gasteiger partial charge in [-0.2, -0.15) is 0 Å². The molecule has 0 saturated carbocycles. The van der Waals surface area contributed by atoms with E-state index in [0.717, 1.165) is 22.1 Å². The van der Waals surface area contributed by atoms with Crippen LogP contribution in [0, 0.1) is 12.7 Å². The van der Waals surface area contributed by atoms with Gasteiger partial charge in [0.15, 0.2) is 5.60 Å². The number of aromatic nitrogens is 5. The number of carbonyl (C=O) groups is 2. The lowest BCUT2D eigenvalue weighted by Gasteiger charge is -2.31. The number of pyridine rings is 2. The number of nitrogens with zero attached hydrogens (tertiary/aromatic N) is 5. The summed E-state index contributed by atoms with van der Waals surface area (Å²) in [5, 5.41) is 32.4. The van der Waals surface area contributed by atoms with E-state index >= 15 is 4.39 Å². The first-order chi connectivity index (χ1) is 21.6. The van der Waals surface area contributed by atoms with Crippen molar-refractivity contribution >= 4 is 22.8 Å². The molecule has 3 aromatic heterocycles. The maximum Gasteiger partial charge on any atom is 0.343 e. The fourth-order valence-corrected chi connectivity index (χ4v) is 7.04. The number of amides is 1. The molecule has 7 rings (SSSR count). The molecule has 0 radical (unpaired) electrons. The molecular formula is C32H33FN6O6. The predicted octanol–water partition coefficient (Wildman–Crippen LogP) is 2.24. The van der Waals surface area contributed by atoms with E-state index in [1.54, 1.807) is 35.4 Å². The van der Waals surface area contributed by atoms with Gasteiger partial charge in [-0.25, -0.2) is 14.2 Å². The molecule has 0 unspecified atom stereocenters. The van der Waals surface area contributed by atoms with Crippen LogP contribution in [0.3, 0.4) is 0 Å². The molecule has 0 saturated heterocycles. The molecule has 12 nitrogen and oxygen atoms in total. The van der Waals surface area contributed by atoms with Gasteiger partial charge in [-0.1, -0.05) is 12.1 Å². The molecule has 13 heteroatoms. The van der Waals surface area contributed by atoms with Crippen LogP contribution in [0.1, 0.15) is 77.7 Å². The van der Waals surface area contributed by atoms with E-state index in [9.17, 15) is 19.5 Å². The van der Waals surface area contributed by atoms with Gasteiger partial charge < -0.3 is 24.8 Å². The number of benzene rings is 1. The molecule has 3 aliphatic rings. The van der Waals surface area contributed by atoms with E-state index in [-0.39, 0.29) is 61.0 Å². The Hall–Kier alpha value is -4.49. The number of halogens is 1. The summed E-state index contributed by atoms with van der Waals surface area (Å²) in [4.78, 5) is 44.5. The number of carbonyl (C=O) groups excluding carboxylic acids is 2. The van der Waals surface area contributed by atoms with Crippen LogP contribution >= 0.6 is 0 Å². The Morgan fingerprint density at radius 1 is 1.24 bits per heavy atom. The lowest BCUT2D eigenvalue weighted by Crippen LogP contribution is -2.44. The summed E-state index contributed by atoms with van der Waals surface area (Å²) < 4.78 is 23.5. The Kier molecular flexibility index (Phi) is 7.04. The molecule has 1 aliphatic carbocycles. The Bertz CT molecular complexity index is 1970. The maximum absolute atomic E-state index is 15.1. The van der Waals surface area contributed by atoms with Crippen molar-refractivity contribution in [2.24, 2.45) is 0 Å². The summed E-state index contributed by atoms with van der Waals surface area (Å²) in [5.41, 5.74) is 3.04. The number of hydrogen-bond acceptors (Lipinski definition) is 9. The summed E-state index contributed by atoms with van der Waals surface area (Å²) in [6.07, 6.45) is 4.06. The second-order valence-corrected chi connectivity index (χ2v) is 12.0. The predicted molar refractivity (Wildman–Crippen MR) is 158 cm³/mol. The van der Waals surface area contributed by atoms with Gasteiger partial charge in [0, 0.05) is 54.8 Å². The van der Waals surface area contributed by atoms with Gasteiger partial charge in [0.05, 0.1) is 40.7 Å². The van der Waals surface area contributed by atoms with Gasteiger partial charge in [0.25, 0.3) is 5.56 Å². The van der Waals surface area contributed by atoms with E-state index < -0.39 is 17.6 Å².